The number of hydrogen-bond donors (Lipinski definition) is 2. The summed E-state index contributed by atoms with van der Waals surface area (Å²) in [6.07, 6.45) is 1.06. The van der Waals surface area contributed by atoms with Gasteiger partial charge in [-0.05, 0) is 45.0 Å². The fourth-order valence-electron chi connectivity index (χ4n) is 2.24. The van der Waals surface area contributed by atoms with Crippen LogP contribution in [0.2, 0.25) is 0 Å². The Kier molecular flexibility index (Phi) is 15.3. The molecule has 0 bridgehead atoms. The number of likely N-dealkylation sites (N-methyl/N-ethyl adjacent to an activating group) is 1. The number of methoxy groups -OCH3 is 1. The third kappa shape index (κ3) is 12.1. The zero-order valence-electron chi connectivity index (χ0n) is 17.5. The predicted molar refractivity (Wildman–Crippen MR) is 124 cm³/mol. The second-order valence-corrected chi connectivity index (χ2v) is 6.44. The van der Waals surface area contributed by atoms with Crippen molar-refractivity contribution in [3.05, 3.63) is 29.8 Å². The van der Waals surface area contributed by atoms with Crippen molar-refractivity contribution in [2.24, 2.45) is 4.99 Å². The summed E-state index contributed by atoms with van der Waals surface area (Å²) in [5.74, 6) is 1.74. The average molecular weight is 492 g/mol. The Morgan fingerprint density at radius 3 is 2.63 bits per heavy atom. The number of nitrogens with one attached hydrogen (secondary N) is 2. The van der Waals surface area contributed by atoms with E-state index in [2.05, 4.69) is 60.5 Å². The summed E-state index contributed by atoms with van der Waals surface area (Å²) in [6, 6.07) is 8.55. The zero-order chi connectivity index (χ0) is 19.2. The molecule has 7 heteroatoms. The van der Waals surface area contributed by atoms with Crippen molar-refractivity contribution in [1.82, 2.24) is 15.5 Å². The van der Waals surface area contributed by atoms with E-state index in [0.717, 1.165) is 49.9 Å². The third-order valence-electron chi connectivity index (χ3n) is 4.08. The van der Waals surface area contributed by atoms with Crippen LogP contribution in [0.3, 0.4) is 0 Å². The van der Waals surface area contributed by atoms with Gasteiger partial charge in [0.15, 0.2) is 5.96 Å². The number of halogens is 1. The summed E-state index contributed by atoms with van der Waals surface area (Å²) in [6.45, 7) is 11.0. The van der Waals surface area contributed by atoms with Crippen molar-refractivity contribution in [2.45, 2.75) is 39.8 Å². The molecule has 0 radical (unpaired) electrons. The molecular weight excluding hydrogens is 455 g/mol. The van der Waals surface area contributed by atoms with Crippen LogP contribution in [0.15, 0.2) is 29.3 Å². The van der Waals surface area contributed by atoms with Gasteiger partial charge in [-0.25, -0.2) is 4.99 Å². The lowest BCUT2D eigenvalue weighted by Crippen LogP contribution is -2.41. The van der Waals surface area contributed by atoms with Gasteiger partial charge in [0.2, 0.25) is 0 Å². The Bertz CT molecular complexity index is 528. The van der Waals surface area contributed by atoms with Crippen LogP contribution < -0.4 is 15.4 Å². The van der Waals surface area contributed by atoms with Crippen LogP contribution in [-0.2, 0) is 11.3 Å². The van der Waals surface area contributed by atoms with E-state index in [1.807, 2.05) is 12.1 Å². The quantitative estimate of drug-likeness (QED) is 0.267. The minimum absolute atomic E-state index is 0. The molecule has 0 spiro atoms. The largest absolute Gasteiger partial charge is 0.492 e. The SMILES string of the molecule is CCNC(=NCc1cccc(OCCN(C)CCOC)c1)NC(C)CC.I. The molecule has 1 unspecified atom stereocenters. The molecule has 0 amide bonds. The van der Waals surface area contributed by atoms with Gasteiger partial charge >= 0.3 is 0 Å². The summed E-state index contributed by atoms with van der Waals surface area (Å²) < 4.78 is 11.0. The molecule has 0 aliphatic carbocycles. The fourth-order valence-corrected chi connectivity index (χ4v) is 2.24. The van der Waals surface area contributed by atoms with E-state index in [1.54, 1.807) is 7.11 Å². The standard InChI is InChI=1S/C20H36N4O2.HI/c1-6-17(3)23-20(21-7-2)22-16-18-9-8-10-19(15-18)26-14-12-24(4)11-13-25-5;/h8-10,15,17H,6-7,11-14,16H2,1-5H3,(H2,21,22,23);1H. The molecule has 0 fully saturated rings. The number of rotatable bonds is 12. The average Bonchev–Trinajstić information content (AvgIpc) is 2.65. The molecule has 27 heavy (non-hydrogen) atoms. The lowest BCUT2D eigenvalue weighted by atomic mass is 10.2. The third-order valence-corrected chi connectivity index (χ3v) is 4.08. The van der Waals surface area contributed by atoms with Crippen LogP contribution in [0.4, 0.5) is 0 Å². The Balaban J connectivity index is 0.00000676. The second kappa shape index (κ2) is 15.9. The summed E-state index contributed by atoms with van der Waals surface area (Å²) in [5.41, 5.74) is 1.14. The maximum atomic E-state index is 5.87. The molecular formula is C20H37IN4O2. The molecule has 1 rings (SSSR count). The molecule has 1 aromatic rings. The smallest absolute Gasteiger partial charge is 0.191 e. The highest BCUT2D eigenvalue weighted by molar-refractivity contribution is 14.0. The van der Waals surface area contributed by atoms with Crippen molar-refractivity contribution in [2.75, 3.05) is 47.0 Å². The van der Waals surface area contributed by atoms with Crippen LogP contribution >= 0.6 is 24.0 Å². The Labute approximate surface area is 182 Å². The molecule has 1 atom stereocenters. The highest BCUT2D eigenvalue weighted by Gasteiger charge is 2.03. The number of benzene rings is 1. The van der Waals surface area contributed by atoms with Gasteiger partial charge in [-0.3, -0.25) is 0 Å². The summed E-state index contributed by atoms with van der Waals surface area (Å²) in [5, 5.41) is 6.70. The van der Waals surface area contributed by atoms with E-state index < -0.39 is 0 Å². The second-order valence-electron chi connectivity index (χ2n) is 6.44. The zero-order valence-corrected chi connectivity index (χ0v) is 19.8. The minimum Gasteiger partial charge on any atom is -0.492 e. The van der Waals surface area contributed by atoms with E-state index in [0.29, 0.717) is 19.2 Å². The fraction of sp³-hybridized carbons (Fsp3) is 0.650. The molecule has 0 aliphatic heterocycles. The topological polar surface area (TPSA) is 58.1 Å². The van der Waals surface area contributed by atoms with Gasteiger partial charge in [-0.1, -0.05) is 19.1 Å². The number of guanidine groups is 1. The van der Waals surface area contributed by atoms with E-state index in [1.165, 1.54) is 0 Å². The van der Waals surface area contributed by atoms with Crippen molar-refractivity contribution in [3.8, 4) is 5.75 Å². The molecule has 0 aliphatic rings. The molecule has 6 nitrogen and oxygen atoms in total. The normalized spacial score (nSPS) is 12.4. The van der Waals surface area contributed by atoms with Crippen LogP contribution in [-0.4, -0.2) is 63.9 Å². The lowest BCUT2D eigenvalue weighted by Gasteiger charge is -2.17. The van der Waals surface area contributed by atoms with Gasteiger partial charge in [0.05, 0.1) is 13.2 Å². The number of ether oxygens (including phenoxy) is 2. The predicted octanol–water partition coefficient (Wildman–Crippen LogP) is 3.12. The monoisotopic (exact) mass is 492 g/mol. The molecule has 0 saturated heterocycles. The van der Waals surface area contributed by atoms with Crippen molar-refractivity contribution >= 4 is 29.9 Å². The maximum Gasteiger partial charge on any atom is 0.191 e. The van der Waals surface area contributed by atoms with Crippen LogP contribution in [0, 0.1) is 0 Å². The molecule has 0 heterocycles. The van der Waals surface area contributed by atoms with Gasteiger partial charge in [0.1, 0.15) is 12.4 Å². The van der Waals surface area contributed by atoms with Crippen LogP contribution in [0.5, 0.6) is 5.75 Å². The van der Waals surface area contributed by atoms with E-state index in [-0.39, 0.29) is 24.0 Å². The number of hydrogen-bond acceptors (Lipinski definition) is 4. The molecule has 0 aromatic heterocycles. The first-order chi connectivity index (χ1) is 12.6. The Morgan fingerprint density at radius 2 is 1.96 bits per heavy atom. The number of aliphatic imine (C=N–C) groups is 1. The Morgan fingerprint density at radius 1 is 1.22 bits per heavy atom. The van der Waals surface area contributed by atoms with Crippen molar-refractivity contribution < 1.29 is 9.47 Å². The highest BCUT2D eigenvalue weighted by Crippen LogP contribution is 2.14. The van der Waals surface area contributed by atoms with Crippen LogP contribution in [0.25, 0.3) is 0 Å². The van der Waals surface area contributed by atoms with E-state index in [9.17, 15) is 0 Å². The first-order valence-electron chi connectivity index (χ1n) is 9.53. The maximum absolute atomic E-state index is 5.87. The lowest BCUT2D eigenvalue weighted by molar-refractivity contribution is 0.150. The first-order valence-corrected chi connectivity index (χ1v) is 9.53. The molecule has 2 N–H and O–H groups in total. The van der Waals surface area contributed by atoms with E-state index in [4.69, 9.17) is 9.47 Å². The molecule has 1 aromatic carbocycles. The van der Waals surface area contributed by atoms with Crippen molar-refractivity contribution in [1.29, 1.82) is 0 Å². The first kappa shape index (κ1) is 25.9. The summed E-state index contributed by atoms with van der Waals surface area (Å²) in [7, 11) is 3.79. The number of nitrogens with zero attached hydrogens (tertiary/aromatic N) is 2. The summed E-state index contributed by atoms with van der Waals surface area (Å²) in [4.78, 5) is 6.87. The van der Waals surface area contributed by atoms with Gasteiger partial charge in [-0.2, -0.15) is 0 Å². The van der Waals surface area contributed by atoms with Gasteiger partial charge in [0.25, 0.3) is 0 Å². The van der Waals surface area contributed by atoms with Crippen LogP contribution in [0.1, 0.15) is 32.8 Å². The van der Waals surface area contributed by atoms with Gasteiger partial charge < -0.3 is 25.0 Å². The molecule has 156 valence electrons. The van der Waals surface area contributed by atoms with Crippen molar-refractivity contribution in [3.63, 3.8) is 0 Å². The minimum atomic E-state index is 0. The Hall–Kier alpha value is -1.06. The summed E-state index contributed by atoms with van der Waals surface area (Å²) >= 11 is 0. The highest BCUT2D eigenvalue weighted by atomic mass is 127. The van der Waals surface area contributed by atoms with E-state index >= 15 is 0 Å². The molecule has 0 saturated carbocycles. The van der Waals surface area contributed by atoms with Gasteiger partial charge in [0, 0.05) is 32.8 Å². The van der Waals surface area contributed by atoms with Gasteiger partial charge in [-0.15, -0.1) is 24.0 Å².